The molecule has 8 nitrogen and oxygen atoms in total. The smallest absolute Gasteiger partial charge is 0.291 e. The van der Waals surface area contributed by atoms with Crippen LogP contribution in [0.1, 0.15) is 20.9 Å². The van der Waals surface area contributed by atoms with E-state index in [9.17, 15) is 9.59 Å². The van der Waals surface area contributed by atoms with E-state index >= 15 is 0 Å². The standard InChI is InChI=1S/C21H19N3O5S/c1-27-16-7-4-3-6-14(16)19(25)24-21(30)23-15-12-13(9-10-17(15)28-2)22-20(26)18-8-5-11-29-18/h3-12H,1-2H3,(H,22,26)(H2,23,24,25,30). The second-order valence-corrected chi connectivity index (χ2v) is 6.36. The molecule has 1 aromatic heterocycles. The lowest BCUT2D eigenvalue weighted by Gasteiger charge is -2.15. The minimum absolute atomic E-state index is 0.0544. The van der Waals surface area contributed by atoms with Crippen LogP contribution in [0.25, 0.3) is 0 Å². The summed E-state index contributed by atoms with van der Waals surface area (Å²) in [6.45, 7) is 0. The van der Waals surface area contributed by atoms with Crippen LogP contribution in [-0.2, 0) is 0 Å². The topological polar surface area (TPSA) is 102 Å². The molecule has 3 rings (SSSR count). The highest BCUT2D eigenvalue weighted by molar-refractivity contribution is 7.80. The Hall–Kier alpha value is -3.85. The van der Waals surface area contributed by atoms with E-state index in [-0.39, 0.29) is 10.9 Å². The van der Waals surface area contributed by atoms with Gasteiger partial charge in [-0.3, -0.25) is 14.9 Å². The monoisotopic (exact) mass is 425 g/mol. The quantitative estimate of drug-likeness (QED) is 0.518. The van der Waals surface area contributed by atoms with Crippen LogP contribution in [-0.4, -0.2) is 31.1 Å². The molecule has 0 spiro atoms. The van der Waals surface area contributed by atoms with E-state index in [1.54, 1.807) is 54.6 Å². The van der Waals surface area contributed by atoms with Gasteiger partial charge in [0.2, 0.25) is 0 Å². The molecule has 0 aliphatic carbocycles. The number of furan rings is 1. The number of nitrogens with one attached hydrogen (secondary N) is 3. The van der Waals surface area contributed by atoms with E-state index < -0.39 is 11.8 Å². The fourth-order valence-electron chi connectivity index (χ4n) is 2.64. The first-order valence-corrected chi connectivity index (χ1v) is 9.21. The van der Waals surface area contributed by atoms with Crippen molar-refractivity contribution in [3.05, 3.63) is 72.2 Å². The molecule has 3 N–H and O–H groups in total. The fraction of sp³-hybridized carbons (Fsp3) is 0.0952. The average Bonchev–Trinajstić information content (AvgIpc) is 3.29. The van der Waals surface area contributed by atoms with E-state index in [1.807, 2.05) is 0 Å². The summed E-state index contributed by atoms with van der Waals surface area (Å²) in [5.41, 5.74) is 1.29. The number of amides is 2. The second kappa shape index (κ2) is 9.57. The molecule has 0 unspecified atom stereocenters. The maximum atomic E-state index is 12.5. The highest BCUT2D eigenvalue weighted by Gasteiger charge is 2.15. The molecule has 9 heteroatoms. The zero-order chi connectivity index (χ0) is 21.5. The van der Waals surface area contributed by atoms with Gasteiger partial charge in [0.25, 0.3) is 11.8 Å². The first-order chi connectivity index (χ1) is 14.5. The van der Waals surface area contributed by atoms with Crippen molar-refractivity contribution in [2.75, 3.05) is 24.9 Å². The summed E-state index contributed by atoms with van der Waals surface area (Å²) in [7, 11) is 2.98. The van der Waals surface area contributed by atoms with Gasteiger partial charge in [0.1, 0.15) is 11.5 Å². The Morgan fingerprint density at radius 3 is 2.37 bits per heavy atom. The minimum atomic E-state index is -0.425. The van der Waals surface area contributed by atoms with Crippen molar-refractivity contribution < 1.29 is 23.5 Å². The lowest BCUT2D eigenvalue weighted by atomic mass is 10.2. The van der Waals surface area contributed by atoms with E-state index in [4.69, 9.17) is 26.1 Å². The molecule has 0 radical (unpaired) electrons. The number of rotatable bonds is 6. The van der Waals surface area contributed by atoms with E-state index in [0.717, 1.165) is 0 Å². The van der Waals surface area contributed by atoms with Crippen LogP contribution in [0.15, 0.2) is 65.3 Å². The Morgan fingerprint density at radius 2 is 1.67 bits per heavy atom. The van der Waals surface area contributed by atoms with Crippen LogP contribution in [0.4, 0.5) is 11.4 Å². The van der Waals surface area contributed by atoms with Crippen LogP contribution >= 0.6 is 12.2 Å². The number of benzene rings is 2. The highest BCUT2D eigenvalue weighted by atomic mass is 32.1. The zero-order valence-corrected chi connectivity index (χ0v) is 17.0. The lowest BCUT2D eigenvalue weighted by molar-refractivity contribution is 0.0972. The molecule has 0 bridgehead atoms. The fourth-order valence-corrected chi connectivity index (χ4v) is 2.84. The number of hydrogen-bond donors (Lipinski definition) is 3. The summed E-state index contributed by atoms with van der Waals surface area (Å²) in [5, 5.41) is 8.27. The van der Waals surface area contributed by atoms with Crippen molar-refractivity contribution >= 4 is 40.5 Å². The Kier molecular flexibility index (Phi) is 6.66. The molecule has 0 aliphatic rings. The molecule has 1 heterocycles. The number of anilines is 2. The van der Waals surface area contributed by atoms with Gasteiger partial charge in [-0.25, -0.2) is 0 Å². The van der Waals surface area contributed by atoms with Crippen LogP contribution in [0, 0.1) is 0 Å². The van der Waals surface area contributed by atoms with Gasteiger partial charge < -0.3 is 24.5 Å². The Labute approximate surface area is 178 Å². The molecule has 154 valence electrons. The van der Waals surface area contributed by atoms with Gasteiger partial charge >= 0.3 is 0 Å². The average molecular weight is 425 g/mol. The third-order valence-corrected chi connectivity index (χ3v) is 4.23. The van der Waals surface area contributed by atoms with E-state index in [2.05, 4.69) is 16.0 Å². The summed E-state index contributed by atoms with van der Waals surface area (Å²) in [5.74, 6) is 0.257. The molecule has 0 aliphatic heterocycles. The number of para-hydroxylation sites is 1. The van der Waals surface area contributed by atoms with Crippen molar-refractivity contribution in [3.8, 4) is 11.5 Å². The van der Waals surface area contributed by atoms with Crippen LogP contribution < -0.4 is 25.4 Å². The summed E-state index contributed by atoms with van der Waals surface area (Å²) < 4.78 is 15.6. The van der Waals surface area contributed by atoms with Gasteiger partial charge in [-0.15, -0.1) is 0 Å². The number of methoxy groups -OCH3 is 2. The first kappa shape index (κ1) is 20.9. The Bertz CT molecular complexity index is 1070. The van der Waals surface area contributed by atoms with Crippen LogP contribution in [0.5, 0.6) is 11.5 Å². The van der Waals surface area contributed by atoms with Gasteiger partial charge in [0, 0.05) is 5.69 Å². The SMILES string of the molecule is COc1ccc(NC(=O)c2ccco2)cc1NC(=S)NC(=O)c1ccccc1OC. The van der Waals surface area contributed by atoms with Crippen molar-refractivity contribution in [2.24, 2.45) is 0 Å². The molecule has 0 saturated heterocycles. The molecule has 0 fully saturated rings. The Morgan fingerprint density at radius 1 is 0.900 bits per heavy atom. The number of ether oxygens (including phenoxy) is 2. The molecule has 2 amide bonds. The highest BCUT2D eigenvalue weighted by Crippen LogP contribution is 2.28. The lowest BCUT2D eigenvalue weighted by Crippen LogP contribution is -2.34. The largest absolute Gasteiger partial charge is 0.496 e. The van der Waals surface area contributed by atoms with Crippen molar-refractivity contribution in [3.63, 3.8) is 0 Å². The van der Waals surface area contributed by atoms with Gasteiger partial charge in [-0.2, -0.15) is 0 Å². The minimum Gasteiger partial charge on any atom is -0.496 e. The summed E-state index contributed by atoms with van der Waals surface area (Å²) in [6, 6.07) is 14.9. The molecule has 30 heavy (non-hydrogen) atoms. The maximum Gasteiger partial charge on any atom is 0.291 e. The van der Waals surface area contributed by atoms with Gasteiger partial charge in [-0.05, 0) is 54.7 Å². The molecule has 0 saturated carbocycles. The number of carbonyl (C=O) groups excluding carboxylic acids is 2. The van der Waals surface area contributed by atoms with E-state index in [1.165, 1.54) is 20.5 Å². The summed E-state index contributed by atoms with van der Waals surface area (Å²) in [4.78, 5) is 24.7. The zero-order valence-electron chi connectivity index (χ0n) is 16.2. The molecular formula is C21H19N3O5S. The third-order valence-electron chi connectivity index (χ3n) is 4.03. The molecule has 3 aromatic rings. The van der Waals surface area contributed by atoms with Gasteiger partial charge in [0.05, 0.1) is 31.7 Å². The second-order valence-electron chi connectivity index (χ2n) is 5.96. The summed E-state index contributed by atoms with van der Waals surface area (Å²) >= 11 is 5.25. The first-order valence-electron chi connectivity index (χ1n) is 8.80. The van der Waals surface area contributed by atoms with Gasteiger partial charge in [0.15, 0.2) is 10.9 Å². The number of thiocarbonyl (C=S) groups is 1. The van der Waals surface area contributed by atoms with Crippen LogP contribution in [0.2, 0.25) is 0 Å². The number of carbonyl (C=O) groups is 2. The predicted octanol–water partition coefficient (Wildman–Crippen LogP) is 3.68. The number of hydrogen-bond acceptors (Lipinski definition) is 6. The van der Waals surface area contributed by atoms with Crippen molar-refractivity contribution in [1.82, 2.24) is 5.32 Å². The summed E-state index contributed by atoms with van der Waals surface area (Å²) in [6.07, 6.45) is 1.42. The van der Waals surface area contributed by atoms with E-state index in [0.29, 0.717) is 28.4 Å². The third kappa shape index (κ3) is 4.95. The van der Waals surface area contributed by atoms with Crippen molar-refractivity contribution in [2.45, 2.75) is 0 Å². The Balaban J connectivity index is 1.72. The maximum absolute atomic E-state index is 12.5. The molecule has 2 aromatic carbocycles. The van der Waals surface area contributed by atoms with Gasteiger partial charge in [-0.1, -0.05) is 12.1 Å². The molecular weight excluding hydrogens is 406 g/mol. The molecule has 0 atom stereocenters. The predicted molar refractivity (Wildman–Crippen MR) is 116 cm³/mol. The van der Waals surface area contributed by atoms with Crippen LogP contribution in [0.3, 0.4) is 0 Å². The normalized spacial score (nSPS) is 10.1. The van der Waals surface area contributed by atoms with Crippen molar-refractivity contribution in [1.29, 1.82) is 0 Å².